The number of ether oxygens (including phenoxy) is 1. The van der Waals surface area contributed by atoms with Crippen molar-refractivity contribution in [2.75, 3.05) is 11.9 Å². The molecule has 122 valence electrons. The number of rotatable bonds is 5. The standard InChI is InChI=1S/C18H22N2O2S/c1-3-10-22-14-7-5-13(6-8-14)17(21)20-18-19-15-9-4-12(2)11-16(15)23-18/h5-8,12H,3-4,9-11H2,1-2H3,(H,19,20,21)/t12-/m0/s1. The van der Waals surface area contributed by atoms with Gasteiger partial charge >= 0.3 is 0 Å². The number of thiazole rings is 1. The maximum Gasteiger partial charge on any atom is 0.257 e. The lowest BCUT2D eigenvalue weighted by Gasteiger charge is -2.15. The average Bonchev–Trinajstić information content (AvgIpc) is 2.94. The monoisotopic (exact) mass is 330 g/mol. The van der Waals surface area contributed by atoms with E-state index in [9.17, 15) is 4.79 Å². The van der Waals surface area contributed by atoms with Gasteiger partial charge in [0.2, 0.25) is 0 Å². The van der Waals surface area contributed by atoms with Crippen LogP contribution >= 0.6 is 11.3 Å². The summed E-state index contributed by atoms with van der Waals surface area (Å²) in [5.74, 6) is 1.38. The topological polar surface area (TPSA) is 51.2 Å². The van der Waals surface area contributed by atoms with Crippen molar-refractivity contribution in [1.29, 1.82) is 0 Å². The number of nitrogens with one attached hydrogen (secondary N) is 1. The van der Waals surface area contributed by atoms with Gasteiger partial charge in [-0.15, -0.1) is 11.3 Å². The second-order valence-electron chi connectivity index (χ2n) is 6.06. The molecular formula is C18H22N2O2S. The van der Waals surface area contributed by atoms with Crippen molar-refractivity contribution >= 4 is 22.4 Å². The lowest BCUT2D eigenvalue weighted by atomic mass is 9.93. The molecule has 0 bridgehead atoms. The van der Waals surface area contributed by atoms with E-state index in [4.69, 9.17) is 4.74 Å². The minimum absolute atomic E-state index is 0.119. The first-order valence-corrected chi connectivity index (χ1v) is 9.00. The molecule has 1 aromatic carbocycles. The van der Waals surface area contributed by atoms with Crippen molar-refractivity contribution < 1.29 is 9.53 Å². The molecule has 1 aliphatic carbocycles. The second kappa shape index (κ2) is 7.13. The van der Waals surface area contributed by atoms with Crippen LogP contribution in [-0.2, 0) is 12.8 Å². The zero-order valence-corrected chi connectivity index (χ0v) is 14.4. The summed E-state index contributed by atoms with van der Waals surface area (Å²) in [7, 11) is 0. The van der Waals surface area contributed by atoms with E-state index in [-0.39, 0.29) is 5.91 Å². The van der Waals surface area contributed by atoms with Crippen LogP contribution in [0.1, 0.15) is 47.6 Å². The molecular weight excluding hydrogens is 308 g/mol. The molecule has 0 saturated carbocycles. The number of carbonyl (C=O) groups is 1. The normalized spacial score (nSPS) is 16.7. The molecule has 1 aliphatic rings. The quantitative estimate of drug-likeness (QED) is 0.889. The van der Waals surface area contributed by atoms with Crippen LogP contribution in [0.15, 0.2) is 24.3 Å². The molecule has 0 aliphatic heterocycles. The number of aryl methyl sites for hydroxylation is 1. The van der Waals surface area contributed by atoms with Crippen LogP contribution < -0.4 is 10.1 Å². The van der Waals surface area contributed by atoms with E-state index in [1.807, 2.05) is 12.1 Å². The Morgan fingerprint density at radius 2 is 2.17 bits per heavy atom. The summed E-state index contributed by atoms with van der Waals surface area (Å²) in [6.07, 6.45) is 4.25. The highest BCUT2D eigenvalue weighted by Crippen LogP contribution is 2.32. The van der Waals surface area contributed by atoms with E-state index in [0.29, 0.717) is 23.2 Å². The van der Waals surface area contributed by atoms with Gasteiger partial charge in [-0.25, -0.2) is 4.98 Å². The first kappa shape index (κ1) is 16.0. The third kappa shape index (κ3) is 3.91. The molecule has 1 heterocycles. The van der Waals surface area contributed by atoms with Crippen LogP contribution in [0.4, 0.5) is 5.13 Å². The average molecular weight is 330 g/mol. The van der Waals surface area contributed by atoms with Crippen molar-refractivity contribution in [3.05, 3.63) is 40.4 Å². The molecule has 1 aromatic heterocycles. The number of hydrogen-bond acceptors (Lipinski definition) is 4. The van der Waals surface area contributed by atoms with Gasteiger partial charge in [0.25, 0.3) is 5.91 Å². The maximum absolute atomic E-state index is 12.3. The van der Waals surface area contributed by atoms with Crippen LogP contribution in [0.5, 0.6) is 5.75 Å². The van der Waals surface area contributed by atoms with Crippen molar-refractivity contribution in [2.24, 2.45) is 5.92 Å². The van der Waals surface area contributed by atoms with E-state index >= 15 is 0 Å². The van der Waals surface area contributed by atoms with Gasteiger partial charge in [-0.1, -0.05) is 13.8 Å². The molecule has 2 aromatic rings. The van der Waals surface area contributed by atoms with Gasteiger partial charge in [0.05, 0.1) is 12.3 Å². The van der Waals surface area contributed by atoms with Gasteiger partial charge in [0, 0.05) is 10.4 Å². The maximum atomic E-state index is 12.3. The predicted molar refractivity (Wildman–Crippen MR) is 93.5 cm³/mol. The molecule has 0 unspecified atom stereocenters. The summed E-state index contributed by atoms with van der Waals surface area (Å²) in [4.78, 5) is 18.2. The van der Waals surface area contributed by atoms with Crippen LogP contribution in [-0.4, -0.2) is 17.5 Å². The predicted octanol–water partition coefficient (Wildman–Crippen LogP) is 4.31. The Morgan fingerprint density at radius 3 is 2.91 bits per heavy atom. The van der Waals surface area contributed by atoms with Gasteiger partial charge in [-0.2, -0.15) is 0 Å². The van der Waals surface area contributed by atoms with E-state index in [1.54, 1.807) is 23.5 Å². The van der Waals surface area contributed by atoms with Gasteiger partial charge in [0.1, 0.15) is 5.75 Å². The van der Waals surface area contributed by atoms with Gasteiger partial charge in [-0.05, 0) is 55.9 Å². The van der Waals surface area contributed by atoms with Crippen molar-refractivity contribution in [3.63, 3.8) is 0 Å². The van der Waals surface area contributed by atoms with Gasteiger partial charge in [-0.3, -0.25) is 10.1 Å². The molecule has 3 rings (SSSR count). The van der Waals surface area contributed by atoms with Crippen molar-refractivity contribution in [1.82, 2.24) is 4.98 Å². The molecule has 4 nitrogen and oxygen atoms in total. The molecule has 23 heavy (non-hydrogen) atoms. The Balaban J connectivity index is 1.65. The molecule has 0 fully saturated rings. The highest BCUT2D eigenvalue weighted by Gasteiger charge is 2.20. The van der Waals surface area contributed by atoms with Crippen LogP contribution in [0.2, 0.25) is 0 Å². The van der Waals surface area contributed by atoms with E-state index in [2.05, 4.69) is 24.1 Å². The summed E-state index contributed by atoms with van der Waals surface area (Å²) >= 11 is 1.61. The first-order valence-electron chi connectivity index (χ1n) is 8.18. The van der Waals surface area contributed by atoms with Crippen LogP contribution in [0, 0.1) is 5.92 Å². The smallest absolute Gasteiger partial charge is 0.257 e. The lowest BCUT2D eigenvalue weighted by Crippen LogP contribution is -2.12. The number of hydrogen-bond donors (Lipinski definition) is 1. The fourth-order valence-corrected chi connectivity index (χ4v) is 3.85. The van der Waals surface area contributed by atoms with E-state index < -0.39 is 0 Å². The SMILES string of the molecule is CCCOc1ccc(C(=O)Nc2nc3c(s2)C[C@@H](C)CC3)cc1. The Kier molecular flexibility index (Phi) is 4.96. The highest BCUT2D eigenvalue weighted by molar-refractivity contribution is 7.15. The number of benzene rings is 1. The fourth-order valence-electron chi connectivity index (χ4n) is 2.69. The summed E-state index contributed by atoms with van der Waals surface area (Å²) in [5.41, 5.74) is 1.78. The van der Waals surface area contributed by atoms with E-state index in [1.165, 1.54) is 11.3 Å². The molecule has 1 atom stereocenters. The Hall–Kier alpha value is -1.88. The second-order valence-corrected chi connectivity index (χ2v) is 7.15. The lowest BCUT2D eigenvalue weighted by molar-refractivity contribution is 0.102. The number of nitrogens with zero attached hydrogens (tertiary/aromatic N) is 1. The zero-order chi connectivity index (χ0) is 16.2. The Labute approximate surface area is 140 Å². The number of aromatic nitrogens is 1. The minimum atomic E-state index is -0.119. The van der Waals surface area contributed by atoms with Crippen LogP contribution in [0.3, 0.4) is 0 Å². The molecule has 0 spiro atoms. The van der Waals surface area contributed by atoms with E-state index in [0.717, 1.165) is 30.7 Å². The summed E-state index contributed by atoms with van der Waals surface area (Å²) in [6.45, 7) is 5.02. The van der Waals surface area contributed by atoms with Crippen molar-refractivity contribution in [3.8, 4) is 5.75 Å². The number of carbonyl (C=O) groups excluding carboxylic acids is 1. The third-order valence-corrected chi connectivity index (χ3v) is 5.03. The molecule has 1 N–H and O–H groups in total. The Morgan fingerprint density at radius 1 is 1.39 bits per heavy atom. The first-order chi connectivity index (χ1) is 11.2. The molecule has 1 amide bonds. The van der Waals surface area contributed by atoms with Crippen LogP contribution in [0.25, 0.3) is 0 Å². The largest absolute Gasteiger partial charge is 0.494 e. The van der Waals surface area contributed by atoms with Gasteiger partial charge < -0.3 is 4.74 Å². The highest BCUT2D eigenvalue weighted by atomic mass is 32.1. The third-order valence-electron chi connectivity index (χ3n) is 4.00. The number of anilines is 1. The number of fused-ring (bicyclic) bond motifs is 1. The van der Waals surface area contributed by atoms with Gasteiger partial charge in [0.15, 0.2) is 5.13 Å². The van der Waals surface area contributed by atoms with Crippen molar-refractivity contribution in [2.45, 2.75) is 39.5 Å². The summed E-state index contributed by atoms with van der Waals surface area (Å²) in [5, 5.41) is 3.63. The molecule has 5 heteroatoms. The molecule has 0 radical (unpaired) electrons. The minimum Gasteiger partial charge on any atom is -0.494 e. The Bertz CT molecular complexity index is 679. The summed E-state index contributed by atoms with van der Waals surface area (Å²) < 4.78 is 5.53. The zero-order valence-electron chi connectivity index (χ0n) is 13.6. The summed E-state index contributed by atoms with van der Waals surface area (Å²) in [6, 6.07) is 7.24. The number of amides is 1. The fraction of sp³-hybridized carbons (Fsp3) is 0.444. The molecule has 0 saturated heterocycles.